The van der Waals surface area contributed by atoms with Crippen LogP contribution in [0.2, 0.25) is 0 Å². The zero-order valence-electron chi connectivity index (χ0n) is 19.8. The van der Waals surface area contributed by atoms with Crippen molar-refractivity contribution < 1.29 is 19.1 Å². The summed E-state index contributed by atoms with van der Waals surface area (Å²) in [7, 11) is 0. The molecule has 2 fully saturated rings. The first-order valence-electron chi connectivity index (χ1n) is 11.9. The van der Waals surface area contributed by atoms with Crippen LogP contribution >= 0.6 is 11.5 Å². The number of nitrogens with zero attached hydrogens (tertiary/aromatic N) is 4. The number of carbonyl (C=O) groups is 2. The van der Waals surface area contributed by atoms with Gasteiger partial charge < -0.3 is 20.6 Å². The number of rotatable bonds is 7. The van der Waals surface area contributed by atoms with Crippen molar-refractivity contribution in [2.75, 3.05) is 31.6 Å². The van der Waals surface area contributed by atoms with Gasteiger partial charge in [-0.25, -0.2) is 19.2 Å². The largest absolute Gasteiger partial charge is 0.395 e. The molecule has 3 N–H and O–H groups in total. The topological polar surface area (TPSA) is 120 Å². The van der Waals surface area contributed by atoms with Crippen molar-refractivity contribution in [2.24, 2.45) is 0 Å². The number of benzene rings is 1. The van der Waals surface area contributed by atoms with Crippen LogP contribution in [0.15, 0.2) is 36.8 Å². The number of likely N-dealkylation sites (tertiary alicyclic amines) is 1. The lowest BCUT2D eigenvalue weighted by atomic mass is 9.80. The molecule has 1 atom stereocenters. The molecular weight excluding hydrogens is 483 g/mol. The number of aromatic nitrogens is 3. The van der Waals surface area contributed by atoms with Crippen molar-refractivity contribution in [3.8, 4) is 0 Å². The van der Waals surface area contributed by atoms with Gasteiger partial charge in [-0.2, -0.15) is 4.37 Å². The van der Waals surface area contributed by atoms with Crippen molar-refractivity contribution in [3.05, 3.63) is 70.0 Å². The molecule has 1 saturated carbocycles. The van der Waals surface area contributed by atoms with Crippen LogP contribution in [0.4, 0.5) is 14.9 Å². The number of aliphatic hydroxyl groups excluding tert-OH is 1. The third-order valence-corrected chi connectivity index (χ3v) is 7.73. The Balaban J connectivity index is 1.41. The van der Waals surface area contributed by atoms with E-state index in [4.69, 9.17) is 5.11 Å². The van der Waals surface area contributed by atoms with Crippen LogP contribution in [0.25, 0.3) is 0 Å². The Bertz CT molecular complexity index is 1280. The van der Waals surface area contributed by atoms with Crippen LogP contribution in [0, 0.1) is 12.7 Å². The van der Waals surface area contributed by atoms with Crippen molar-refractivity contribution in [1.82, 2.24) is 24.6 Å². The lowest BCUT2D eigenvalue weighted by Gasteiger charge is -2.28. The van der Waals surface area contributed by atoms with Crippen LogP contribution in [-0.2, 0) is 5.41 Å². The molecule has 1 unspecified atom stereocenters. The maximum Gasteiger partial charge on any atom is 0.321 e. The maximum absolute atomic E-state index is 14.5. The summed E-state index contributed by atoms with van der Waals surface area (Å²) in [6, 6.07) is 6.57. The average molecular weight is 511 g/mol. The van der Waals surface area contributed by atoms with Gasteiger partial charge in [0.15, 0.2) is 5.69 Å². The Hall–Kier alpha value is -3.44. The van der Waals surface area contributed by atoms with Gasteiger partial charge in [0.2, 0.25) is 0 Å². The van der Waals surface area contributed by atoms with Gasteiger partial charge in [-0.1, -0.05) is 12.1 Å². The number of anilines is 1. The Morgan fingerprint density at radius 3 is 2.81 bits per heavy atom. The highest BCUT2D eigenvalue weighted by Crippen LogP contribution is 2.43. The van der Waals surface area contributed by atoms with E-state index in [9.17, 15) is 14.0 Å². The predicted molar refractivity (Wildman–Crippen MR) is 133 cm³/mol. The molecule has 3 aromatic rings. The molecule has 188 valence electrons. The first kappa shape index (κ1) is 24.3. The Kier molecular flexibility index (Phi) is 6.67. The molecule has 1 aromatic carbocycles. The second-order valence-electron chi connectivity index (χ2n) is 9.31. The summed E-state index contributed by atoms with van der Waals surface area (Å²) in [4.78, 5) is 36.4. The standard InChI is InChI=1S/C25H27FN6O3S/c1-15-2-5-18(11-19(15)26)25(23-29-14-30-36-23)6-8-32(13-25)24(35)31-20-10-17(16-3-4-16)12-28-21(20)22(34)27-7-9-33/h2,5,10-12,14,16,33H,3-4,6-9,13H2,1H3,(H,27,34)(H,31,35). The molecule has 9 nitrogen and oxygen atoms in total. The SMILES string of the molecule is Cc1ccc(C2(c3ncns3)CCN(C(=O)Nc3cc(C4CC4)cnc3C(=O)NCCO)C2)cc1F. The summed E-state index contributed by atoms with van der Waals surface area (Å²) >= 11 is 1.24. The Morgan fingerprint density at radius 2 is 2.11 bits per heavy atom. The highest BCUT2D eigenvalue weighted by molar-refractivity contribution is 7.05. The fourth-order valence-corrected chi connectivity index (χ4v) is 5.38. The van der Waals surface area contributed by atoms with Crippen molar-refractivity contribution in [1.29, 1.82) is 0 Å². The zero-order chi connectivity index (χ0) is 25.3. The molecule has 0 spiro atoms. The second kappa shape index (κ2) is 9.90. The minimum atomic E-state index is -0.678. The van der Waals surface area contributed by atoms with Gasteiger partial charge in [0, 0.05) is 25.8 Å². The molecule has 5 rings (SSSR count). The zero-order valence-corrected chi connectivity index (χ0v) is 20.6. The normalized spacial score (nSPS) is 19.4. The summed E-state index contributed by atoms with van der Waals surface area (Å²) in [6.07, 6.45) is 5.80. The van der Waals surface area contributed by atoms with Gasteiger partial charge in [0.1, 0.15) is 17.2 Å². The summed E-state index contributed by atoms with van der Waals surface area (Å²) in [5, 5.41) is 15.3. The van der Waals surface area contributed by atoms with E-state index in [1.54, 1.807) is 30.2 Å². The van der Waals surface area contributed by atoms with E-state index in [0.29, 0.717) is 30.1 Å². The molecule has 1 saturated heterocycles. The summed E-state index contributed by atoms with van der Waals surface area (Å²) in [5.41, 5.74) is 2.02. The monoisotopic (exact) mass is 510 g/mol. The van der Waals surface area contributed by atoms with Gasteiger partial charge in [-0.3, -0.25) is 4.79 Å². The molecule has 1 aliphatic heterocycles. The number of hydrogen-bond acceptors (Lipinski definition) is 7. The van der Waals surface area contributed by atoms with Gasteiger partial charge >= 0.3 is 6.03 Å². The van der Waals surface area contributed by atoms with E-state index < -0.39 is 11.3 Å². The molecule has 11 heteroatoms. The van der Waals surface area contributed by atoms with Gasteiger partial charge in [0.05, 0.1) is 17.7 Å². The quantitative estimate of drug-likeness (QED) is 0.449. The molecule has 3 heterocycles. The van der Waals surface area contributed by atoms with Gasteiger partial charge in [-0.05, 0) is 72.5 Å². The number of amides is 3. The van der Waals surface area contributed by atoms with Crippen LogP contribution in [0.1, 0.15) is 57.4 Å². The smallest absolute Gasteiger partial charge is 0.321 e. The first-order chi connectivity index (χ1) is 17.4. The number of hydrogen-bond donors (Lipinski definition) is 3. The van der Waals surface area contributed by atoms with Crippen LogP contribution in [-0.4, -0.2) is 62.5 Å². The fraction of sp³-hybridized carbons (Fsp3) is 0.400. The van der Waals surface area contributed by atoms with E-state index in [0.717, 1.165) is 29.0 Å². The number of aryl methyl sites for hydroxylation is 1. The van der Waals surface area contributed by atoms with E-state index in [-0.39, 0.29) is 37.2 Å². The highest BCUT2D eigenvalue weighted by atomic mass is 32.1. The average Bonchev–Trinajstić information content (AvgIpc) is 3.37. The van der Waals surface area contributed by atoms with E-state index in [2.05, 4.69) is 25.0 Å². The van der Waals surface area contributed by atoms with Crippen molar-refractivity contribution >= 4 is 29.2 Å². The molecule has 1 aliphatic carbocycles. The number of halogens is 1. The number of carbonyl (C=O) groups excluding carboxylic acids is 2. The molecule has 2 aromatic heterocycles. The minimum Gasteiger partial charge on any atom is -0.395 e. The minimum absolute atomic E-state index is 0.0852. The molecule has 2 aliphatic rings. The van der Waals surface area contributed by atoms with Gasteiger partial charge in [-0.15, -0.1) is 0 Å². The second-order valence-corrected chi connectivity index (χ2v) is 10.1. The molecule has 36 heavy (non-hydrogen) atoms. The summed E-state index contributed by atoms with van der Waals surface area (Å²) in [6.45, 7) is 2.31. The Labute approximate surface area is 211 Å². The Morgan fingerprint density at radius 1 is 1.28 bits per heavy atom. The summed E-state index contributed by atoms with van der Waals surface area (Å²) < 4.78 is 18.7. The van der Waals surface area contributed by atoms with E-state index >= 15 is 0 Å². The van der Waals surface area contributed by atoms with Crippen LogP contribution < -0.4 is 10.6 Å². The van der Waals surface area contributed by atoms with Crippen LogP contribution in [0.5, 0.6) is 0 Å². The van der Waals surface area contributed by atoms with E-state index in [1.807, 2.05) is 6.07 Å². The number of urea groups is 1. The molecule has 3 amide bonds. The first-order valence-corrected chi connectivity index (χ1v) is 12.7. The van der Waals surface area contributed by atoms with Crippen LogP contribution in [0.3, 0.4) is 0 Å². The van der Waals surface area contributed by atoms with Crippen molar-refractivity contribution in [3.63, 3.8) is 0 Å². The lowest BCUT2D eigenvalue weighted by Crippen LogP contribution is -2.38. The summed E-state index contributed by atoms with van der Waals surface area (Å²) in [5.74, 6) is -0.391. The predicted octanol–water partition coefficient (Wildman–Crippen LogP) is 3.20. The third-order valence-electron chi connectivity index (χ3n) is 6.86. The van der Waals surface area contributed by atoms with E-state index in [1.165, 1.54) is 23.9 Å². The number of pyridine rings is 1. The molecular formula is C25H27FN6O3S. The maximum atomic E-state index is 14.5. The lowest BCUT2D eigenvalue weighted by molar-refractivity contribution is 0.0940. The number of nitrogens with one attached hydrogen (secondary N) is 2. The fourth-order valence-electron chi connectivity index (χ4n) is 4.64. The number of aliphatic hydroxyl groups is 1. The third kappa shape index (κ3) is 4.68. The molecule has 0 bridgehead atoms. The highest BCUT2D eigenvalue weighted by Gasteiger charge is 2.45. The van der Waals surface area contributed by atoms with Gasteiger partial charge in [0.25, 0.3) is 5.91 Å². The molecule has 0 radical (unpaired) electrons. The van der Waals surface area contributed by atoms with Crippen molar-refractivity contribution in [2.45, 2.75) is 37.5 Å².